The van der Waals surface area contributed by atoms with Crippen LogP contribution in [-0.2, 0) is 12.8 Å². The van der Waals surface area contributed by atoms with E-state index >= 15 is 0 Å². The zero-order valence-electron chi connectivity index (χ0n) is 18.1. The lowest BCUT2D eigenvalue weighted by Crippen LogP contribution is -2.44. The molecule has 2 fully saturated rings. The molecule has 1 unspecified atom stereocenters. The summed E-state index contributed by atoms with van der Waals surface area (Å²) in [6.07, 6.45) is 7.71. The molecule has 2 aromatic rings. The average molecular weight is 423 g/mol. The van der Waals surface area contributed by atoms with E-state index in [2.05, 4.69) is 33.7 Å². The van der Waals surface area contributed by atoms with Crippen molar-refractivity contribution >= 4 is 11.9 Å². The van der Waals surface area contributed by atoms with Crippen LogP contribution < -0.4 is 10.1 Å². The van der Waals surface area contributed by atoms with Gasteiger partial charge in [-0.25, -0.2) is 4.79 Å². The van der Waals surface area contributed by atoms with Gasteiger partial charge in [-0.15, -0.1) is 10.2 Å². The van der Waals surface area contributed by atoms with Crippen LogP contribution in [-0.4, -0.2) is 52.5 Å². The average Bonchev–Trinajstić information content (AvgIpc) is 3.65. The summed E-state index contributed by atoms with van der Waals surface area (Å²) in [5, 5.41) is 22.1. The van der Waals surface area contributed by atoms with Gasteiger partial charge in [-0.3, -0.25) is 0 Å². The SMILES string of the molecule is COc1cc(C2CC2)ccc1-c1nnc(NC2CCCN(C(=O)O)C2)c2c1CCCC2. The maximum Gasteiger partial charge on any atom is 0.407 e. The molecule has 2 heterocycles. The molecule has 0 radical (unpaired) electrons. The van der Waals surface area contributed by atoms with Crippen LogP contribution in [0.15, 0.2) is 18.2 Å². The number of nitrogens with zero attached hydrogens (tertiary/aromatic N) is 3. The number of carbonyl (C=O) groups is 1. The minimum Gasteiger partial charge on any atom is -0.496 e. The molecule has 7 heteroatoms. The molecule has 1 aliphatic heterocycles. The molecular formula is C24H30N4O3. The first kappa shape index (κ1) is 20.1. The van der Waals surface area contributed by atoms with Crippen molar-refractivity contribution in [3.8, 4) is 17.0 Å². The summed E-state index contributed by atoms with van der Waals surface area (Å²) < 4.78 is 5.75. The number of ether oxygens (including phenoxy) is 1. The Morgan fingerprint density at radius 2 is 1.94 bits per heavy atom. The number of amides is 1. The van der Waals surface area contributed by atoms with Gasteiger partial charge in [0.05, 0.1) is 7.11 Å². The van der Waals surface area contributed by atoms with Crippen LogP contribution in [0.5, 0.6) is 5.75 Å². The molecule has 2 aliphatic carbocycles. The van der Waals surface area contributed by atoms with Gasteiger partial charge in [0.2, 0.25) is 0 Å². The fourth-order valence-electron chi connectivity index (χ4n) is 5.02. The molecule has 3 aliphatic rings. The van der Waals surface area contributed by atoms with Crippen molar-refractivity contribution in [3.05, 3.63) is 34.9 Å². The smallest absolute Gasteiger partial charge is 0.407 e. The Morgan fingerprint density at radius 3 is 2.68 bits per heavy atom. The zero-order valence-corrected chi connectivity index (χ0v) is 18.1. The lowest BCUT2D eigenvalue weighted by atomic mass is 9.88. The molecular weight excluding hydrogens is 392 g/mol. The third kappa shape index (κ3) is 4.05. The van der Waals surface area contributed by atoms with E-state index in [0.29, 0.717) is 19.0 Å². The maximum absolute atomic E-state index is 11.4. The predicted octanol–water partition coefficient (Wildman–Crippen LogP) is 4.46. The molecule has 1 saturated heterocycles. The molecule has 1 saturated carbocycles. The largest absolute Gasteiger partial charge is 0.496 e. The summed E-state index contributed by atoms with van der Waals surface area (Å²) in [7, 11) is 1.72. The molecule has 2 N–H and O–H groups in total. The predicted molar refractivity (Wildman–Crippen MR) is 119 cm³/mol. The van der Waals surface area contributed by atoms with Crippen molar-refractivity contribution < 1.29 is 14.6 Å². The van der Waals surface area contributed by atoms with Gasteiger partial charge in [-0.05, 0) is 80.5 Å². The number of piperidine rings is 1. The maximum atomic E-state index is 11.4. The van der Waals surface area contributed by atoms with Crippen molar-refractivity contribution in [1.82, 2.24) is 15.1 Å². The highest BCUT2D eigenvalue weighted by Gasteiger charge is 2.28. The van der Waals surface area contributed by atoms with E-state index < -0.39 is 6.09 Å². The minimum absolute atomic E-state index is 0.0726. The van der Waals surface area contributed by atoms with Crippen molar-refractivity contribution in [1.29, 1.82) is 0 Å². The lowest BCUT2D eigenvalue weighted by Gasteiger charge is -2.32. The Balaban J connectivity index is 1.46. The number of fused-ring (bicyclic) bond motifs is 1. The van der Waals surface area contributed by atoms with E-state index in [0.717, 1.165) is 61.3 Å². The fraction of sp³-hybridized carbons (Fsp3) is 0.542. The number of carboxylic acid groups (broad SMARTS) is 1. The summed E-state index contributed by atoms with van der Waals surface area (Å²) in [5.41, 5.74) is 5.78. The standard InChI is InChI=1S/C24H30N4O3/c1-31-21-13-16(15-8-9-15)10-11-20(21)22-18-6-2-3-7-19(18)23(27-26-22)25-17-5-4-12-28(14-17)24(29)30/h10-11,13,15,17H,2-9,12,14H2,1H3,(H,25,27)(H,29,30). The molecule has 164 valence electrons. The number of anilines is 1. The van der Waals surface area contributed by atoms with E-state index in [1.807, 2.05) is 0 Å². The van der Waals surface area contributed by atoms with Crippen molar-refractivity contribution in [3.63, 3.8) is 0 Å². The monoisotopic (exact) mass is 422 g/mol. The Kier molecular flexibility index (Phi) is 5.42. The number of hydrogen-bond donors (Lipinski definition) is 2. The van der Waals surface area contributed by atoms with Gasteiger partial charge in [0, 0.05) is 30.3 Å². The van der Waals surface area contributed by atoms with Gasteiger partial charge in [-0.1, -0.05) is 6.07 Å². The first-order valence-corrected chi connectivity index (χ1v) is 11.4. The van der Waals surface area contributed by atoms with Crippen LogP contribution >= 0.6 is 0 Å². The highest BCUT2D eigenvalue weighted by molar-refractivity contribution is 5.73. The molecule has 31 heavy (non-hydrogen) atoms. The van der Waals surface area contributed by atoms with Crippen molar-refractivity contribution in [2.75, 3.05) is 25.5 Å². The summed E-state index contributed by atoms with van der Waals surface area (Å²) in [5.74, 6) is 2.37. The second kappa shape index (κ2) is 8.36. The molecule has 1 amide bonds. The second-order valence-electron chi connectivity index (χ2n) is 9.01. The summed E-state index contributed by atoms with van der Waals surface area (Å²) in [6, 6.07) is 6.59. The third-order valence-electron chi connectivity index (χ3n) is 6.85. The van der Waals surface area contributed by atoms with Crippen molar-refractivity contribution in [2.45, 2.75) is 63.3 Å². The first-order valence-electron chi connectivity index (χ1n) is 11.4. The van der Waals surface area contributed by atoms with E-state index in [9.17, 15) is 9.90 Å². The van der Waals surface area contributed by atoms with Gasteiger partial charge in [0.25, 0.3) is 0 Å². The van der Waals surface area contributed by atoms with Crippen LogP contribution in [0, 0.1) is 0 Å². The number of rotatable bonds is 5. The van der Waals surface area contributed by atoms with E-state index in [4.69, 9.17) is 4.74 Å². The first-order chi connectivity index (χ1) is 15.1. The van der Waals surface area contributed by atoms with E-state index in [-0.39, 0.29) is 6.04 Å². The van der Waals surface area contributed by atoms with Gasteiger partial charge >= 0.3 is 6.09 Å². The van der Waals surface area contributed by atoms with Gasteiger partial charge in [-0.2, -0.15) is 0 Å². The molecule has 1 aromatic carbocycles. The minimum atomic E-state index is -0.850. The van der Waals surface area contributed by atoms with Gasteiger partial charge < -0.3 is 20.1 Å². The lowest BCUT2D eigenvalue weighted by molar-refractivity contribution is 0.132. The summed E-state index contributed by atoms with van der Waals surface area (Å²) >= 11 is 0. The number of aromatic nitrogens is 2. The van der Waals surface area contributed by atoms with Crippen molar-refractivity contribution in [2.24, 2.45) is 0 Å². The number of methoxy groups -OCH3 is 1. The number of hydrogen-bond acceptors (Lipinski definition) is 5. The molecule has 5 rings (SSSR count). The highest BCUT2D eigenvalue weighted by Crippen LogP contribution is 2.44. The molecule has 1 aromatic heterocycles. The normalized spacial score (nSPS) is 20.8. The second-order valence-corrected chi connectivity index (χ2v) is 9.01. The van der Waals surface area contributed by atoms with E-state index in [1.54, 1.807) is 7.11 Å². The Labute approximate surface area is 182 Å². The Morgan fingerprint density at radius 1 is 1.13 bits per heavy atom. The molecule has 1 atom stereocenters. The summed E-state index contributed by atoms with van der Waals surface area (Å²) in [6.45, 7) is 1.09. The zero-order chi connectivity index (χ0) is 21.4. The highest BCUT2D eigenvalue weighted by atomic mass is 16.5. The summed E-state index contributed by atoms with van der Waals surface area (Å²) in [4.78, 5) is 12.9. The Hall–Kier alpha value is -2.83. The Bertz CT molecular complexity index is 989. The van der Waals surface area contributed by atoms with E-state index in [1.165, 1.54) is 34.4 Å². The third-order valence-corrected chi connectivity index (χ3v) is 6.85. The fourth-order valence-corrected chi connectivity index (χ4v) is 5.02. The van der Waals surface area contributed by atoms with Gasteiger partial charge in [0.15, 0.2) is 5.82 Å². The number of benzene rings is 1. The van der Waals surface area contributed by atoms with Crippen LogP contribution in [0.1, 0.15) is 61.1 Å². The number of nitrogens with one attached hydrogen (secondary N) is 1. The van der Waals surface area contributed by atoms with Crippen LogP contribution in [0.3, 0.4) is 0 Å². The number of likely N-dealkylation sites (tertiary alicyclic amines) is 1. The van der Waals surface area contributed by atoms with Gasteiger partial charge in [0.1, 0.15) is 11.4 Å². The van der Waals surface area contributed by atoms with Crippen LogP contribution in [0.25, 0.3) is 11.3 Å². The molecule has 7 nitrogen and oxygen atoms in total. The van der Waals surface area contributed by atoms with Crippen LogP contribution in [0.4, 0.5) is 10.6 Å². The quantitative estimate of drug-likeness (QED) is 0.740. The van der Waals surface area contributed by atoms with Crippen LogP contribution in [0.2, 0.25) is 0 Å². The molecule has 0 spiro atoms. The topological polar surface area (TPSA) is 87.6 Å². The molecule has 0 bridgehead atoms.